The van der Waals surface area contributed by atoms with Gasteiger partial charge in [0.2, 0.25) is 5.91 Å². The molecular formula is C21H27N5O7. The van der Waals surface area contributed by atoms with Crippen molar-refractivity contribution in [1.82, 2.24) is 14.4 Å². The van der Waals surface area contributed by atoms with Crippen LogP contribution in [-0.4, -0.2) is 73.3 Å². The molecule has 0 bridgehead atoms. The predicted molar refractivity (Wildman–Crippen MR) is 117 cm³/mol. The van der Waals surface area contributed by atoms with Crippen LogP contribution in [0.2, 0.25) is 0 Å². The number of aliphatic hydroxyl groups excluding tert-OH is 3. The Morgan fingerprint density at radius 2 is 1.73 bits per heavy atom. The van der Waals surface area contributed by atoms with Crippen LogP contribution in [0.5, 0.6) is 0 Å². The molecule has 1 aromatic carbocycles. The van der Waals surface area contributed by atoms with Gasteiger partial charge < -0.3 is 30.5 Å². The van der Waals surface area contributed by atoms with E-state index in [0.717, 1.165) is 10.6 Å². The molecule has 0 saturated heterocycles. The largest absolute Gasteiger partial charge is 0.545 e. The first-order valence-electron chi connectivity index (χ1n) is 9.86. The summed E-state index contributed by atoms with van der Waals surface area (Å²) in [5.41, 5.74) is -0.557. The highest BCUT2D eigenvalue weighted by Crippen LogP contribution is 2.22. The number of fused-ring (bicyclic) bond motifs is 3. The van der Waals surface area contributed by atoms with Crippen molar-refractivity contribution in [3.05, 3.63) is 46.6 Å². The van der Waals surface area contributed by atoms with Crippen LogP contribution in [0, 0.1) is 5.41 Å². The molecule has 0 radical (unpaired) electrons. The number of aromatic carboxylic acids is 1. The fourth-order valence-corrected chi connectivity index (χ4v) is 2.39. The Morgan fingerprint density at radius 3 is 2.21 bits per heavy atom. The number of aliphatic hydroxyl groups is 3. The van der Waals surface area contributed by atoms with Gasteiger partial charge in [0.25, 0.3) is 5.56 Å². The molecule has 0 atom stereocenters. The van der Waals surface area contributed by atoms with Crippen molar-refractivity contribution in [1.29, 1.82) is 0 Å². The van der Waals surface area contributed by atoms with Gasteiger partial charge in [-0.1, -0.05) is 20.8 Å². The number of benzene rings is 1. The third kappa shape index (κ3) is 5.87. The van der Waals surface area contributed by atoms with Crippen molar-refractivity contribution in [2.24, 2.45) is 5.41 Å². The summed E-state index contributed by atoms with van der Waals surface area (Å²) in [6.45, 7) is 4.65. The van der Waals surface area contributed by atoms with Crippen LogP contribution in [0.4, 0.5) is 5.69 Å². The minimum atomic E-state index is -1.60. The molecule has 0 unspecified atom stereocenters. The van der Waals surface area contributed by atoms with Crippen LogP contribution in [0.1, 0.15) is 31.1 Å². The van der Waals surface area contributed by atoms with Crippen LogP contribution < -0.4 is 16.0 Å². The van der Waals surface area contributed by atoms with Crippen molar-refractivity contribution < 1.29 is 34.5 Å². The molecule has 178 valence electrons. The highest BCUT2D eigenvalue weighted by atomic mass is 16.4. The molecule has 0 saturated carbocycles. The summed E-state index contributed by atoms with van der Waals surface area (Å²) in [6.07, 6.45) is 2.18. The first kappa shape index (κ1) is 25.8. The van der Waals surface area contributed by atoms with Crippen molar-refractivity contribution in [2.45, 2.75) is 20.8 Å². The maximum absolute atomic E-state index is 12.2. The third-order valence-corrected chi connectivity index (χ3v) is 4.73. The Bertz CT molecular complexity index is 1220. The van der Waals surface area contributed by atoms with Crippen LogP contribution >= 0.6 is 0 Å². The van der Waals surface area contributed by atoms with E-state index in [0.29, 0.717) is 16.6 Å². The third-order valence-electron chi connectivity index (χ3n) is 4.73. The molecule has 33 heavy (non-hydrogen) atoms. The summed E-state index contributed by atoms with van der Waals surface area (Å²) < 4.78 is 0.919. The number of carbonyl (C=O) groups excluding carboxylic acids is 2. The molecule has 12 nitrogen and oxygen atoms in total. The number of aromatic nitrogens is 3. The number of carboxylic acid groups (broad SMARTS) is 1. The molecule has 1 amide bonds. The number of carbonyl (C=O) groups is 2. The van der Waals surface area contributed by atoms with E-state index < -0.39 is 22.5 Å². The smallest absolute Gasteiger partial charge is 0.268 e. The number of rotatable bonds is 5. The topological polar surface area (TPSA) is 177 Å². The maximum Gasteiger partial charge on any atom is 0.268 e. The van der Waals surface area contributed by atoms with Crippen molar-refractivity contribution >= 4 is 34.1 Å². The SMILES string of the molecule is CC(C)(C)C(=O)Nc1ccc2ncn3c(=O)c(C(=O)[O-])cnc3c2c1.C[N+](CO)(CO)CO. The van der Waals surface area contributed by atoms with E-state index >= 15 is 0 Å². The van der Waals surface area contributed by atoms with Crippen LogP contribution in [0.25, 0.3) is 16.6 Å². The van der Waals surface area contributed by atoms with Gasteiger partial charge >= 0.3 is 0 Å². The zero-order valence-electron chi connectivity index (χ0n) is 18.8. The minimum absolute atomic E-state index is 0.125. The maximum atomic E-state index is 12.2. The van der Waals surface area contributed by atoms with Crippen molar-refractivity contribution in [3.8, 4) is 0 Å². The van der Waals surface area contributed by atoms with Gasteiger partial charge in [-0.25, -0.2) is 14.4 Å². The number of nitrogens with one attached hydrogen (secondary N) is 1. The molecule has 0 fully saturated rings. The first-order chi connectivity index (χ1) is 15.4. The Balaban J connectivity index is 0.000000414. The summed E-state index contributed by atoms with van der Waals surface area (Å²) >= 11 is 0. The highest BCUT2D eigenvalue weighted by molar-refractivity contribution is 5.99. The molecule has 2 heterocycles. The number of amides is 1. The molecule has 2 aromatic heterocycles. The minimum Gasteiger partial charge on any atom is -0.545 e. The van der Waals surface area contributed by atoms with Gasteiger partial charge in [0.15, 0.2) is 20.2 Å². The number of quaternary nitrogens is 1. The van der Waals surface area contributed by atoms with Crippen LogP contribution in [0.15, 0.2) is 35.5 Å². The molecule has 0 aliphatic heterocycles. The predicted octanol–water partition coefficient (Wildman–Crippen LogP) is -1.13. The number of carboxylic acids is 1. The van der Waals surface area contributed by atoms with E-state index in [2.05, 4.69) is 15.3 Å². The fraction of sp³-hybridized carbons (Fsp3) is 0.381. The fourth-order valence-electron chi connectivity index (χ4n) is 2.39. The average Bonchev–Trinajstić information content (AvgIpc) is 2.78. The highest BCUT2D eigenvalue weighted by Gasteiger charge is 2.21. The lowest BCUT2D eigenvalue weighted by Gasteiger charge is -2.25. The van der Waals surface area contributed by atoms with Crippen molar-refractivity contribution in [3.63, 3.8) is 0 Å². The van der Waals surface area contributed by atoms with Gasteiger partial charge in [0, 0.05) is 22.7 Å². The molecule has 12 heteroatoms. The van der Waals surface area contributed by atoms with Gasteiger partial charge in [-0.3, -0.25) is 14.1 Å². The Kier molecular flexibility index (Phi) is 7.82. The second kappa shape index (κ2) is 10.0. The van der Waals surface area contributed by atoms with E-state index in [9.17, 15) is 19.5 Å². The van der Waals surface area contributed by atoms with Crippen molar-refractivity contribution in [2.75, 3.05) is 32.6 Å². The number of hydrogen-bond acceptors (Lipinski definition) is 9. The number of hydrogen-bond donors (Lipinski definition) is 4. The number of anilines is 1. The lowest BCUT2D eigenvalue weighted by atomic mass is 9.95. The van der Waals surface area contributed by atoms with E-state index in [-0.39, 0.29) is 36.2 Å². The summed E-state index contributed by atoms with van der Waals surface area (Å²) in [6, 6.07) is 5.03. The Morgan fingerprint density at radius 1 is 1.12 bits per heavy atom. The molecule has 3 aromatic rings. The van der Waals surface area contributed by atoms with Crippen LogP contribution in [-0.2, 0) is 4.79 Å². The van der Waals surface area contributed by atoms with Gasteiger partial charge in [-0.2, -0.15) is 0 Å². The van der Waals surface area contributed by atoms with E-state index in [1.807, 2.05) is 0 Å². The van der Waals surface area contributed by atoms with E-state index in [4.69, 9.17) is 15.3 Å². The summed E-state index contributed by atoms with van der Waals surface area (Å²) in [5, 5.41) is 39.6. The second-order valence-corrected chi connectivity index (χ2v) is 8.68. The monoisotopic (exact) mass is 461 g/mol. The zero-order valence-corrected chi connectivity index (χ0v) is 18.8. The molecule has 0 aliphatic carbocycles. The second-order valence-electron chi connectivity index (χ2n) is 8.68. The lowest BCUT2D eigenvalue weighted by molar-refractivity contribution is -0.959. The van der Waals surface area contributed by atoms with Gasteiger partial charge in [0.1, 0.15) is 12.0 Å². The lowest BCUT2D eigenvalue weighted by Crippen LogP contribution is -2.46. The first-order valence-corrected chi connectivity index (χ1v) is 9.86. The zero-order chi connectivity index (χ0) is 25.0. The van der Waals surface area contributed by atoms with Gasteiger partial charge in [-0.05, 0) is 18.2 Å². The molecule has 0 aliphatic rings. The summed E-state index contributed by atoms with van der Waals surface area (Å²) in [7, 11) is 1.54. The summed E-state index contributed by atoms with van der Waals surface area (Å²) in [4.78, 5) is 43.5. The average molecular weight is 461 g/mol. The van der Waals surface area contributed by atoms with Gasteiger partial charge in [-0.15, -0.1) is 0 Å². The van der Waals surface area contributed by atoms with Gasteiger partial charge in [0.05, 0.1) is 24.1 Å². The molecule has 4 N–H and O–H groups in total. The molecular weight excluding hydrogens is 434 g/mol. The molecule has 0 spiro atoms. The molecule has 3 rings (SSSR count). The summed E-state index contributed by atoms with van der Waals surface area (Å²) in [5.74, 6) is -1.76. The Hall–Kier alpha value is -3.45. The standard InChI is InChI=1S/C17H16N4O4.C4H12NO3/c1-17(2,3)16(25)20-9-4-5-12-10(6-9)13-18-7-11(15(23)24)14(22)21(13)8-19-12;1-5(2-6,3-7)4-8/h4-8H,1-3H3,(H,20,25)(H,23,24);6-8H,2-4H2,1H3/q;+1/p-1. The van der Waals surface area contributed by atoms with Crippen LogP contribution in [0.3, 0.4) is 0 Å². The van der Waals surface area contributed by atoms with E-state index in [1.54, 1.807) is 46.0 Å². The quantitative estimate of drug-likeness (QED) is 0.208. The number of nitrogens with zero attached hydrogens (tertiary/aromatic N) is 4. The Labute approximate surface area is 189 Å². The van der Waals surface area contributed by atoms with E-state index in [1.165, 1.54) is 6.33 Å². The normalized spacial score (nSPS) is 11.7.